The molecule has 0 radical (unpaired) electrons. The first-order valence-electron chi connectivity index (χ1n) is 6.20. The van der Waals surface area contributed by atoms with Crippen LogP contribution in [-0.4, -0.2) is 29.4 Å². The van der Waals surface area contributed by atoms with Crippen molar-refractivity contribution < 1.29 is 4.79 Å². The van der Waals surface area contributed by atoms with E-state index in [1.165, 1.54) is 19.3 Å². The highest BCUT2D eigenvalue weighted by atomic mass is 35.5. The van der Waals surface area contributed by atoms with E-state index < -0.39 is 0 Å². The van der Waals surface area contributed by atoms with Crippen LogP contribution in [0.5, 0.6) is 0 Å². The summed E-state index contributed by atoms with van der Waals surface area (Å²) in [4.78, 5) is 14.0. The zero-order valence-electron chi connectivity index (χ0n) is 10.4. The molecule has 1 heterocycles. The van der Waals surface area contributed by atoms with Gasteiger partial charge in [0, 0.05) is 25.0 Å². The maximum Gasteiger partial charge on any atom is 0.224 e. The lowest BCUT2D eigenvalue weighted by Gasteiger charge is -2.30. The minimum absolute atomic E-state index is 0. The van der Waals surface area contributed by atoms with E-state index in [2.05, 4.69) is 11.8 Å². The van der Waals surface area contributed by atoms with Crippen LogP contribution in [0.25, 0.3) is 0 Å². The fourth-order valence-electron chi connectivity index (χ4n) is 2.32. The molecule has 0 spiro atoms. The van der Waals surface area contributed by atoms with Crippen LogP contribution in [0.4, 0.5) is 0 Å². The third-order valence-corrected chi connectivity index (χ3v) is 3.17. The summed E-state index contributed by atoms with van der Waals surface area (Å²) in [5.74, 6) is 0.249. The fraction of sp³-hybridized carbons (Fsp3) is 0.917. The lowest BCUT2D eigenvalue weighted by molar-refractivity contribution is -0.133. The smallest absolute Gasteiger partial charge is 0.224 e. The molecule has 0 aromatic rings. The van der Waals surface area contributed by atoms with E-state index in [1.54, 1.807) is 0 Å². The maximum atomic E-state index is 12.0. The first kappa shape index (κ1) is 15.7. The van der Waals surface area contributed by atoms with Crippen LogP contribution in [0.1, 0.15) is 52.4 Å². The van der Waals surface area contributed by atoms with E-state index in [0.29, 0.717) is 12.5 Å². The van der Waals surface area contributed by atoms with Gasteiger partial charge in [-0.3, -0.25) is 4.79 Å². The van der Waals surface area contributed by atoms with Crippen LogP contribution in [0.2, 0.25) is 0 Å². The van der Waals surface area contributed by atoms with Gasteiger partial charge in [0.25, 0.3) is 0 Å². The van der Waals surface area contributed by atoms with Crippen molar-refractivity contribution in [1.82, 2.24) is 4.90 Å². The number of nitrogens with zero attached hydrogens (tertiary/aromatic N) is 1. The van der Waals surface area contributed by atoms with Gasteiger partial charge in [0.15, 0.2) is 0 Å². The van der Waals surface area contributed by atoms with Crippen LogP contribution >= 0.6 is 12.4 Å². The number of hydrogen-bond donors (Lipinski definition) is 1. The number of nitrogens with two attached hydrogens (primary N) is 1. The predicted molar refractivity (Wildman–Crippen MR) is 69.8 cm³/mol. The van der Waals surface area contributed by atoms with Crippen molar-refractivity contribution in [3.05, 3.63) is 0 Å². The van der Waals surface area contributed by atoms with Crippen molar-refractivity contribution in [2.45, 2.75) is 64.5 Å². The predicted octanol–water partition coefficient (Wildman–Crippen LogP) is 2.33. The van der Waals surface area contributed by atoms with Crippen molar-refractivity contribution in [2.75, 3.05) is 6.54 Å². The van der Waals surface area contributed by atoms with Gasteiger partial charge >= 0.3 is 0 Å². The molecule has 16 heavy (non-hydrogen) atoms. The Morgan fingerprint density at radius 3 is 2.69 bits per heavy atom. The van der Waals surface area contributed by atoms with Crippen molar-refractivity contribution in [3.63, 3.8) is 0 Å². The summed E-state index contributed by atoms with van der Waals surface area (Å²) >= 11 is 0. The van der Waals surface area contributed by atoms with E-state index in [-0.39, 0.29) is 24.4 Å². The Balaban J connectivity index is 0.00000225. The van der Waals surface area contributed by atoms with Gasteiger partial charge in [0.1, 0.15) is 0 Å². The second-order valence-corrected chi connectivity index (χ2v) is 4.68. The standard InChI is InChI=1S/C12H24N2O.ClH/c1-3-11-7-5-4-6-8-14(11)12(15)9-10(2)13;/h10-11H,3-9,13H2,1-2H3;1H. The third kappa shape index (κ3) is 4.71. The van der Waals surface area contributed by atoms with Crippen molar-refractivity contribution in [2.24, 2.45) is 5.73 Å². The molecule has 1 fully saturated rings. The van der Waals surface area contributed by atoms with Crippen LogP contribution in [0.15, 0.2) is 0 Å². The van der Waals surface area contributed by atoms with Crippen LogP contribution in [0, 0.1) is 0 Å². The molecule has 2 N–H and O–H groups in total. The van der Waals surface area contributed by atoms with E-state index >= 15 is 0 Å². The van der Waals surface area contributed by atoms with E-state index in [9.17, 15) is 4.79 Å². The molecule has 1 rings (SSSR count). The van der Waals surface area contributed by atoms with E-state index in [4.69, 9.17) is 5.73 Å². The highest BCUT2D eigenvalue weighted by Gasteiger charge is 2.24. The molecule has 1 amide bonds. The highest BCUT2D eigenvalue weighted by molar-refractivity contribution is 5.85. The van der Waals surface area contributed by atoms with Crippen LogP contribution < -0.4 is 5.73 Å². The summed E-state index contributed by atoms with van der Waals surface area (Å²) in [6, 6.07) is 0.442. The Morgan fingerprint density at radius 1 is 1.44 bits per heavy atom. The second kappa shape index (κ2) is 7.91. The fourth-order valence-corrected chi connectivity index (χ4v) is 2.32. The summed E-state index contributed by atoms with van der Waals surface area (Å²) in [6.07, 6.45) is 6.42. The van der Waals surface area contributed by atoms with Gasteiger partial charge in [-0.05, 0) is 26.2 Å². The van der Waals surface area contributed by atoms with Gasteiger partial charge in [-0.25, -0.2) is 0 Å². The van der Waals surface area contributed by atoms with Gasteiger partial charge in [-0.15, -0.1) is 12.4 Å². The SMILES string of the molecule is CCC1CCCCCN1C(=O)CC(C)N.Cl. The molecular formula is C12H25ClN2O. The summed E-state index contributed by atoms with van der Waals surface area (Å²) < 4.78 is 0. The molecular weight excluding hydrogens is 224 g/mol. The molecule has 1 aliphatic rings. The zero-order chi connectivity index (χ0) is 11.3. The lowest BCUT2D eigenvalue weighted by atomic mass is 10.1. The Kier molecular flexibility index (Phi) is 7.77. The molecule has 1 aliphatic heterocycles. The summed E-state index contributed by atoms with van der Waals surface area (Å²) in [6.45, 7) is 5.00. The molecule has 3 nitrogen and oxygen atoms in total. The molecule has 0 aromatic heterocycles. The molecule has 1 saturated heterocycles. The summed E-state index contributed by atoms with van der Waals surface area (Å²) in [5, 5.41) is 0. The number of hydrogen-bond acceptors (Lipinski definition) is 2. The molecule has 2 atom stereocenters. The lowest BCUT2D eigenvalue weighted by Crippen LogP contribution is -2.41. The molecule has 96 valence electrons. The van der Waals surface area contributed by atoms with Crippen LogP contribution in [-0.2, 0) is 4.79 Å². The van der Waals surface area contributed by atoms with Crippen LogP contribution in [0.3, 0.4) is 0 Å². The quantitative estimate of drug-likeness (QED) is 0.833. The minimum Gasteiger partial charge on any atom is -0.340 e. The monoisotopic (exact) mass is 248 g/mol. The van der Waals surface area contributed by atoms with Crippen molar-refractivity contribution in [3.8, 4) is 0 Å². The zero-order valence-corrected chi connectivity index (χ0v) is 11.3. The number of carbonyl (C=O) groups is 1. The minimum atomic E-state index is -0.0155. The number of likely N-dealkylation sites (tertiary alicyclic amines) is 1. The van der Waals surface area contributed by atoms with E-state index in [0.717, 1.165) is 19.4 Å². The molecule has 0 aromatic carbocycles. The van der Waals surface area contributed by atoms with Gasteiger partial charge < -0.3 is 10.6 Å². The van der Waals surface area contributed by atoms with Gasteiger partial charge in [0.2, 0.25) is 5.91 Å². The Bertz CT molecular complexity index is 209. The number of halogens is 1. The first-order valence-corrected chi connectivity index (χ1v) is 6.20. The number of carbonyl (C=O) groups excluding carboxylic acids is 1. The van der Waals surface area contributed by atoms with E-state index in [1.807, 2.05) is 6.92 Å². The average molecular weight is 249 g/mol. The Labute approximate surface area is 105 Å². The van der Waals surface area contributed by atoms with Crippen molar-refractivity contribution >= 4 is 18.3 Å². The largest absolute Gasteiger partial charge is 0.340 e. The Hall–Kier alpha value is -0.280. The van der Waals surface area contributed by atoms with Gasteiger partial charge in [-0.2, -0.15) is 0 Å². The molecule has 4 heteroatoms. The second-order valence-electron chi connectivity index (χ2n) is 4.68. The molecule has 0 aliphatic carbocycles. The highest BCUT2D eigenvalue weighted by Crippen LogP contribution is 2.20. The summed E-state index contributed by atoms with van der Waals surface area (Å²) in [5.41, 5.74) is 5.68. The molecule has 2 unspecified atom stereocenters. The number of rotatable bonds is 3. The number of amides is 1. The maximum absolute atomic E-state index is 12.0. The van der Waals surface area contributed by atoms with Gasteiger partial charge in [-0.1, -0.05) is 19.8 Å². The molecule has 0 bridgehead atoms. The Morgan fingerprint density at radius 2 is 2.12 bits per heavy atom. The van der Waals surface area contributed by atoms with Crippen molar-refractivity contribution in [1.29, 1.82) is 0 Å². The summed E-state index contributed by atoms with van der Waals surface area (Å²) in [7, 11) is 0. The first-order chi connectivity index (χ1) is 7.15. The molecule has 0 saturated carbocycles. The third-order valence-electron chi connectivity index (χ3n) is 3.17. The van der Waals surface area contributed by atoms with Gasteiger partial charge in [0.05, 0.1) is 0 Å². The topological polar surface area (TPSA) is 46.3 Å². The average Bonchev–Trinajstić information content (AvgIpc) is 2.40. The normalized spacial score (nSPS) is 23.2.